The van der Waals surface area contributed by atoms with Gasteiger partial charge < -0.3 is 15.5 Å². The predicted molar refractivity (Wildman–Crippen MR) is 150 cm³/mol. The van der Waals surface area contributed by atoms with Crippen molar-refractivity contribution in [1.82, 2.24) is 20.0 Å². The van der Waals surface area contributed by atoms with Gasteiger partial charge in [-0.05, 0) is 60.4 Å². The Balaban J connectivity index is 1.78. The Morgan fingerprint density at radius 3 is 2.57 bits per heavy atom. The fourth-order valence-electron chi connectivity index (χ4n) is 4.64. The van der Waals surface area contributed by atoms with Crippen molar-refractivity contribution in [1.29, 1.82) is 0 Å². The number of aryl methyl sites for hydroxylation is 2. The van der Waals surface area contributed by atoms with Crippen molar-refractivity contribution in [2.24, 2.45) is 12.5 Å². The first-order valence-corrected chi connectivity index (χ1v) is 12.3. The molecule has 0 radical (unpaired) electrons. The Labute approximate surface area is 211 Å². The topological polar surface area (TPSA) is 45.1 Å². The van der Waals surface area contributed by atoms with Crippen LogP contribution in [0, 0.1) is 12.3 Å². The van der Waals surface area contributed by atoms with Crippen LogP contribution in [0.25, 0.3) is 11.1 Å². The molecular weight excluding hydrogens is 430 g/mol. The molecule has 0 aliphatic carbocycles. The smallest absolute Gasteiger partial charge is 0.100 e. The largest absolute Gasteiger partial charge is 0.374 e. The fourth-order valence-corrected chi connectivity index (χ4v) is 4.64. The van der Waals surface area contributed by atoms with Crippen LogP contribution in [0.5, 0.6) is 0 Å². The molecule has 0 amide bonds. The normalized spacial score (nSPS) is 15.8. The Hall–Kier alpha value is -3.47. The molecule has 1 aliphatic rings. The molecule has 0 atom stereocenters. The summed E-state index contributed by atoms with van der Waals surface area (Å²) in [6, 6.07) is 4.34. The highest BCUT2D eigenvalue weighted by atomic mass is 15.2. The summed E-state index contributed by atoms with van der Waals surface area (Å²) in [7, 11) is 1.94. The highest BCUT2D eigenvalue weighted by Crippen LogP contribution is 2.33. The van der Waals surface area contributed by atoms with Crippen LogP contribution in [0.1, 0.15) is 45.2 Å². The van der Waals surface area contributed by atoms with Crippen LogP contribution in [0.2, 0.25) is 0 Å². The van der Waals surface area contributed by atoms with Crippen molar-refractivity contribution in [3.8, 4) is 11.1 Å². The van der Waals surface area contributed by atoms with E-state index < -0.39 is 0 Å². The molecule has 0 bridgehead atoms. The van der Waals surface area contributed by atoms with Crippen LogP contribution in [-0.4, -0.2) is 27.8 Å². The van der Waals surface area contributed by atoms with Crippen molar-refractivity contribution in [3.05, 3.63) is 96.4 Å². The molecule has 2 aromatic rings. The average molecular weight is 472 g/mol. The SMILES string of the molecule is C=C/C=C(\C=C(/C)N1CCC(C)(C)C1)C(=C)NC(=C)Nc1c(CC)ccc(-c2cnn(C)c2)c1C. The molecule has 186 valence electrons. The number of hydrogen-bond acceptors (Lipinski definition) is 4. The zero-order valence-electron chi connectivity index (χ0n) is 22.3. The predicted octanol–water partition coefficient (Wildman–Crippen LogP) is 6.69. The van der Waals surface area contributed by atoms with E-state index in [0.717, 1.165) is 47.6 Å². The van der Waals surface area contributed by atoms with E-state index in [1.165, 1.54) is 23.2 Å². The summed E-state index contributed by atoms with van der Waals surface area (Å²) in [5.74, 6) is 0.680. The Kier molecular flexibility index (Phi) is 8.11. The molecule has 1 saturated heterocycles. The van der Waals surface area contributed by atoms with Gasteiger partial charge >= 0.3 is 0 Å². The molecule has 2 N–H and O–H groups in total. The van der Waals surface area contributed by atoms with E-state index in [1.54, 1.807) is 6.08 Å². The maximum absolute atomic E-state index is 4.34. The summed E-state index contributed by atoms with van der Waals surface area (Å²) < 4.78 is 1.83. The first-order chi connectivity index (χ1) is 16.5. The van der Waals surface area contributed by atoms with Crippen LogP contribution < -0.4 is 10.6 Å². The van der Waals surface area contributed by atoms with E-state index in [1.807, 2.05) is 30.2 Å². The van der Waals surface area contributed by atoms with Gasteiger partial charge in [0.25, 0.3) is 0 Å². The molecule has 3 rings (SSSR count). The zero-order valence-corrected chi connectivity index (χ0v) is 22.3. The fraction of sp³-hybridized carbons (Fsp3) is 0.367. The van der Waals surface area contributed by atoms with Gasteiger partial charge in [0.15, 0.2) is 0 Å². The quantitative estimate of drug-likeness (QED) is 0.379. The standard InChI is InChI=1S/C30H41N5/c1-10-12-26(17-21(3)35-16-15-30(7,8)20-35)23(5)32-24(6)33-29-22(4)28(14-13-25(29)11-2)27-18-31-34(9)19-27/h10,12-14,17-19,32-33H,1,5-6,11,15-16,20H2,2-4,7-9H3/b21-17+,26-12+. The molecule has 0 spiro atoms. The lowest BCUT2D eigenvalue weighted by molar-refractivity contribution is 0.342. The van der Waals surface area contributed by atoms with Crippen LogP contribution in [-0.2, 0) is 13.5 Å². The minimum atomic E-state index is 0.351. The van der Waals surface area contributed by atoms with Gasteiger partial charge in [-0.15, -0.1) is 0 Å². The van der Waals surface area contributed by atoms with Gasteiger partial charge in [-0.25, -0.2) is 0 Å². The number of hydrogen-bond donors (Lipinski definition) is 2. The second kappa shape index (κ2) is 10.9. The number of aromatic nitrogens is 2. The molecule has 0 saturated carbocycles. The minimum Gasteiger partial charge on any atom is -0.374 e. The Morgan fingerprint density at radius 2 is 2.00 bits per heavy atom. The molecule has 1 aromatic carbocycles. The number of likely N-dealkylation sites (tertiary alicyclic amines) is 1. The zero-order chi connectivity index (χ0) is 25.8. The number of anilines is 1. The molecule has 2 heterocycles. The van der Waals surface area contributed by atoms with Crippen LogP contribution in [0.3, 0.4) is 0 Å². The van der Waals surface area contributed by atoms with E-state index in [0.29, 0.717) is 11.2 Å². The van der Waals surface area contributed by atoms with Gasteiger partial charge in [0.1, 0.15) is 5.82 Å². The molecule has 5 nitrogen and oxygen atoms in total. The molecule has 1 fully saturated rings. The lowest BCUT2D eigenvalue weighted by atomic mass is 9.93. The number of nitrogens with zero attached hydrogens (tertiary/aromatic N) is 3. The van der Waals surface area contributed by atoms with E-state index in [2.05, 4.69) is 93.2 Å². The maximum atomic E-state index is 4.34. The van der Waals surface area contributed by atoms with Gasteiger partial charge in [-0.1, -0.05) is 64.8 Å². The number of nitrogens with one attached hydrogen (secondary N) is 2. The van der Waals surface area contributed by atoms with Crippen molar-refractivity contribution in [2.75, 3.05) is 18.4 Å². The Bertz CT molecular complexity index is 1180. The monoisotopic (exact) mass is 471 g/mol. The minimum absolute atomic E-state index is 0.351. The van der Waals surface area contributed by atoms with E-state index in [4.69, 9.17) is 0 Å². The number of allylic oxidation sites excluding steroid dienone is 4. The summed E-state index contributed by atoms with van der Waals surface area (Å²) in [6.45, 7) is 25.7. The Morgan fingerprint density at radius 1 is 1.26 bits per heavy atom. The average Bonchev–Trinajstić information content (AvgIpc) is 3.39. The third-order valence-corrected chi connectivity index (χ3v) is 6.71. The third kappa shape index (κ3) is 6.36. The highest BCUT2D eigenvalue weighted by molar-refractivity contribution is 5.76. The van der Waals surface area contributed by atoms with Gasteiger partial charge in [0.05, 0.1) is 6.20 Å². The molecule has 1 aromatic heterocycles. The van der Waals surface area contributed by atoms with Crippen LogP contribution in [0.15, 0.2) is 85.3 Å². The van der Waals surface area contributed by atoms with Crippen LogP contribution in [0.4, 0.5) is 5.69 Å². The molecule has 5 heteroatoms. The van der Waals surface area contributed by atoms with Crippen LogP contribution >= 0.6 is 0 Å². The maximum Gasteiger partial charge on any atom is 0.100 e. The van der Waals surface area contributed by atoms with Crippen molar-refractivity contribution >= 4 is 5.69 Å². The first-order valence-electron chi connectivity index (χ1n) is 12.3. The summed E-state index contributed by atoms with van der Waals surface area (Å²) in [6.07, 6.45) is 12.0. The third-order valence-electron chi connectivity index (χ3n) is 6.71. The summed E-state index contributed by atoms with van der Waals surface area (Å²) >= 11 is 0. The van der Waals surface area contributed by atoms with Crippen molar-refractivity contribution in [2.45, 2.75) is 47.5 Å². The van der Waals surface area contributed by atoms with Gasteiger partial charge in [0, 0.05) is 49.0 Å². The summed E-state index contributed by atoms with van der Waals surface area (Å²) in [5, 5.41) is 11.2. The van der Waals surface area contributed by atoms with E-state index in [9.17, 15) is 0 Å². The van der Waals surface area contributed by atoms with Crippen molar-refractivity contribution in [3.63, 3.8) is 0 Å². The van der Waals surface area contributed by atoms with Gasteiger partial charge in [0.2, 0.25) is 0 Å². The molecule has 1 aliphatic heterocycles. The lowest BCUT2D eigenvalue weighted by Gasteiger charge is -2.23. The molecule has 35 heavy (non-hydrogen) atoms. The van der Waals surface area contributed by atoms with E-state index >= 15 is 0 Å². The second-order valence-electron chi connectivity index (χ2n) is 10.2. The first kappa shape index (κ1) is 26.1. The van der Waals surface area contributed by atoms with Crippen molar-refractivity contribution < 1.29 is 0 Å². The van der Waals surface area contributed by atoms with Gasteiger partial charge in [-0.3, -0.25) is 4.68 Å². The summed E-state index contributed by atoms with van der Waals surface area (Å²) in [4.78, 5) is 2.44. The number of benzene rings is 1. The van der Waals surface area contributed by atoms with Gasteiger partial charge in [-0.2, -0.15) is 5.10 Å². The second-order valence-corrected chi connectivity index (χ2v) is 10.2. The van der Waals surface area contributed by atoms with E-state index in [-0.39, 0.29) is 0 Å². The lowest BCUT2D eigenvalue weighted by Crippen LogP contribution is -2.22. The summed E-state index contributed by atoms with van der Waals surface area (Å²) in [5.41, 5.74) is 9.07. The number of rotatable bonds is 10. The molecular formula is C30H41N5. The molecule has 0 unspecified atom stereocenters. The highest BCUT2D eigenvalue weighted by Gasteiger charge is 2.29.